The summed E-state index contributed by atoms with van der Waals surface area (Å²) in [4.78, 5) is 7.76. The normalized spacial score (nSPS) is 13.5. The van der Waals surface area contributed by atoms with E-state index in [0.29, 0.717) is 24.6 Å². The quantitative estimate of drug-likeness (QED) is 0.370. The van der Waals surface area contributed by atoms with Gasteiger partial charge in [0.1, 0.15) is 13.0 Å². The zero-order valence-electron chi connectivity index (χ0n) is 14.3. The molecule has 0 radical (unpaired) electrons. The second-order valence-electron chi connectivity index (χ2n) is 4.59. The average molecular weight is 361 g/mol. The molecule has 24 heavy (non-hydrogen) atoms. The summed E-state index contributed by atoms with van der Waals surface area (Å²) in [7, 11) is 0.365. The number of aromatic nitrogens is 2. The zero-order chi connectivity index (χ0) is 17.9. The summed E-state index contributed by atoms with van der Waals surface area (Å²) in [5.74, 6) is 0.606. The molecule has 0 fully saturated rings. The lowest BCUT2D eigenvalue weighted by Crippen LogP contribution is -2.23. The van der Waals surface area contributed by atoms with Crippen LogP contribution in [0, 0.1) is 0 Å². The molecule has 10 heteroatoms. The van der Waals surface area contributed by atoms with Crippen molar-refractivity contribution >= 4 is 26.9 Å². The number of nitrogens with zero attached hydrogens (tertiary/aromatic N) is 4. The average Bonchev–Trinajstić information content (AvgIpc) is 3.00. The molecule has 0 saturated heterocycles. The fraction of sp³-hybridized carbons (Fsp3) is 0.643. The molecule has 136 valence electrons. The smallest absolute Gasteiger partial charge is 0.218 e. The van der Waals surface area contributed by atoms with E-state index < -0.39 is 21.2 Å². The van der Waals surface area contributed by atoms with Crippen LogP contribution in [-0.4, -0.2) is 61.8 Å². The molecule has 0 aliphatic carbocycles. The number of rotatable bonds is 11. The van der Waals surface area contributed by atoms with Crippen LogP contribution in [0.15, 0.2) is 16.2 Å². The first kappa shape index (κ1) is 20.6. The van der Waals surface area contributed by atoms with E-state index in [2.05, 4.69) is 21.8 Å². The summed E-state index contributed by atoms with van der Waals surface area (Å²) in [6, 6.07) is 0. The number of nitrogens with two attached hydrogens (primary N) is 1. The van der Waals surface area contributed by atoms with E-state index in [-0.39, 0.29) is 18.7 Å². The number of hydrogen-bond donors (Lipinski definition) is 1. The molecule has 0 aromatic carbocycles. The van der Waals surface area contributed by atoms with Gasteiger partial charge in [0.15, 0.2) is 14.2 Å². The Kier molecular flexibility index (Phi) is 9.63. The fourth-order valence-electron chi connectivity index (χ4n) is 1.92. The maximum Gasteiger partial charge on any atom is 0.218 e. The van der Waals surface area contributed by atoms with Gasteiger partial charge in [-0.2, -0.15) is 9.78 Å². The van der Waals surface area contributed by atoms with Crippen LogP contribution in [0.2, 0.25) is 0 Å². The van der Waals surface area contributed by atoms with Crippen LogP contribution in [0.5, 0.6) is 0 Å². The summed E-state index contributed by atoms with van der Waals surface area (Å²) in [5.41, 5.74) is 6.42. The Bertz CT molecular complexity index is 534. The van der Waals surface area contributed by atoms with Crippen LogP contribution in [0.1, 0.15) is 19.4 Å². The number of hydrogen-bond acceptors (Lipinski definition) is 6. The van der Waals surface area contributed by atoms with Gasteiger partial charge in [-0.05, 0) is 20.6 Å². The Balaban J connectivity index is 2.74. The van der Waals surface area contributed by atoms with Crippen LogP contribution in [-0.2, 0) is 20.2 Å². The molecule has 0 aliphatic rings. The minimum Gasteiger partial charge on any atom is -0.368 e. The molecule has 8 nitrogen and oxygen atoms in total. The molecule has 1 rings (SSSR count). The number of ether oxygens (including phenoxy) is 1. The van der Waals surface area contributed by atoms with Gasteiger partial charge in [0, 0.05) is 19.0 Å². The van der Waals surface area contributed by atoms with Gasteiger partial charge in [-0.3, -0.25) is 4.99 Å². The monoisotopic (exact) mass is 361 g/mol. The van der Waals surface area contributed by atoms with Crippen molar-refractivity contribution in [3.63, 3.8) is 0 Å². The second-order valence-corrected chi connectivity index (χ2v) is 6.03. The van der Waals surface area contributed by atoms with Gasteiger partial charge < -0.3 is 19.5 Å². The Hall–Kier alpha value is -1.41. The van der Waals surface area contributed by atoms with Gasteiger partial charge >= 0.3 is 0 Å². The van der Waals surface area contributed by atoms with E-state index >= 15 is 0 Å². The summed E-state index contributed by atoms with van der Waals surface area (Å²) in [6.07, 6.45) is 1.38. The lowest BCUT2D eigenvalue weighted by molar-refractivity contribution is 0.0564. The van der Waals surface area contributed by atoms with Crippen LogP contribution >= 0.6 is 8.38 Å². The lowest BCUT2D eigenvalue weighted by atomic mass is 10.1. The summed E-state index contributed by atoms with van der Waals surface area (Å²) < 4.78 is 31.1. The molecule has 0 amide bonds. The molecule has 2 N–H and O–H groups in total. The van der Waals surface area contributed by atoms with Gasteiger partial charge in [-0.25, -0.2) is 9.38 Å². The first-order chi connectivity index (χ1) is 11.6. The first-order valence-electron chi connectivity index (χ1n) is 7.58. The SMILES string of the molecule is C=Nc1c(CC(CF)OCP(OCC)OCC)cnn1C(N)=NC. The van der Waals surface area contributed by atoms with Crippen LogP contribution in [0.25, 0.3) is 0 Å². The second kappa shape index (κ2) is 11.2. The molecule has 0 bridgehead atoms. The van der Waals surface area contributed by atoms with Gasteiger partial charge in [-0.15, -0.1) is 0 Å². The van der Waals surface area contributed by atoms with Gasteiger partial charge in [0.05, 0.1) is 25.5 Å². The minimum atomic E-state index is -1.18. The molecule has 1 unspecified atom stereocenters. The molecule has 1 heterocycles. The van der Waals surface area contributed by atoms with Gasteiger partial charge in [0.2, 0.25) is 5.96 Å². The highest BCUT2D eigenvalue weighted by atomic mass is 31.2. The summed E-state index contributed by atoms with van der Waals surface area (Å²) >= 11 is 0. The van der Waals surface area contributed by atoms with Crippen LogP contribution < -0.4 is 5.73 Å². The highest BCUT2D eigenvalue weighted by Crippen LogP contribution is 2.38. The molecule has 0 spiro atoms. The predicted octanol–water partition coefficient (Wildman–Crippen LogP) is 2.25. The molecule has 1 aromatic rings. The fourth-order valence-corrected chi connectivity index (χ4v) is 3.05. The van der Waals surface area contributed by atoms with E-state index in [9.17, 15) is 4.39 Å². The third-order valence-electron chi connectivity index (χ3n) is 2.99. The molecular formula is C14H25FN5O3P. The third kappa shape index (κ3) is 5.90. The lowest BCUT2D eigenvalue weighted by Gasteiger charge is -2.19. The Morgan fingerprint density at radius 3 is 2.62 bits per heavy atom. The predicted molar refractivity (Wildman–Crippen MR) is 94.0 cm³/mol. The van der Waals surface area contributed by atoms with Crippen molar-refractivity contribution in [1.29, 1.82) is 0 Å². The Morgan fingerprint density at radius 1 is 1.46 bits per heavy atom. The highest BCUT2D eigenvalue weighted by Gasteiger charge is 2.20. The molecule has 1 atom stereocenters. The largest absolute Gasteiger partial charge is 0.368 e. The van der Waals surface area contributed by atoms with Crippen molar-refractivity contribution in [1.82, 2.24) is 9.78 Å². The minimum absolute atomic E-state index is 0.178. The Labute approximate surface area is 142 Å². The molecule has 0 aliphatic heterocycles. The van der Waals surface area contributed by atoms with Crippen LogP contribution in [0.4, 0.5) is 10.2 Å². The highest BCUT2D eigenvalue weighted by molar-refractivity contribution is 7.47. The number of alkyl halides is 1. The summed E-state index contributed by atoms with van der Waals surface area (Å²) in [6.45, 7) is 7.63. The van der Waals surface area contributed by atoms with Gasteiger partial charge in [0.25, 0.3) is 0 Å². The van der Waals surface area contributed by atoms with Gasteiger partial charge in [-0.1, -0.05) is 0 Å². The Morgan fingerprint density at radius 2 is 2.12 bits per heavy atom. The van der Waals surface area contributed by atoms with Crippen molar-refractivity contribution in [2.24, 2.45) is 15.7 Å². The standard InChI is InChI=1S/C14H25FN5O3P/c1-5-22-24(23-6-2)10-21-12(8-15)7-11-9-19-20(13(11)17-3)14(16)18-4/h9,12H,3,5-8,10H2,1-2,4H3,(H2,16,18). The van der Waals surface area contributed by atoms with Crippen molar-refractivity contribution < 1.29 is 18.2 Å². The van der Waals surface area contributed by atoms with E-state index in [1.165, 1.54) is 4.68 Å². The molecule has 0 saturated carbocycles. The summed E-state index contributed by atoms with van der Waals surface area (Å²) in [5, 5.41) is 4.10. The van der Waals surface area contributed by atoms with Crippen LogP contribution in [0.3, 0.4) is 0 Å². The van der Waals surface area contributed by atoms with Crippen molar-refractivity contribution in [3.05, 3.63) is 11.8 Å². The maximum atomic E-state index is 13.3. The molecule has 1 aromatic heterocycles. The maximum absolute atomic E-state index is 13.3. The van der Waals surface area contributed by atoms with E-state index in [4.69, 9.17) is 19.5 Å². The van der Waals surface area contributed by atoms with E-state index in [1.807, 2.05) is 13.8 Å². The van der Waals surface area contributed by atoms with Crippen molar-refractivity contribution in [3.8, 4) is 0 Å². The number of aliphatic imine (C=N–C) groups is 2. The first-order valence-corrected chi connectivity index (χ1v) is 8.94. The van der Waals surface area contributed by atoms with Crippen molar-refractivity contribution in [2.75, 3.05) is 33.3 Å². The van der Waals surface area contributed by atoms with Crippen molar-refractivity contribution in [2.45, 2.75) is 26.4 Å². The zero-order valence-corrected chi connectivity index (χ0v) is 15.2. The van der Waals surface area contributed by atoms with E-state index in [1.54, 1.807) is 13.2 Å². The number of halogens is 1. The molecular weight excluding hydrogens is 336 g/mol. The topological polar surface area (TPSA) is 96.2 Å². The third-order valence-corrected chi connectivity index (χ3v) is 4.45. The van der Waals surface area contributed by atoms with E-state index in [0.717, 1.165) is 0 Å².